The topological polar surface area (TPSA) is 114 Å². The van der Waals surface area contributed by atoms with Crippen LogP contribution in [0.1, 0.15) is 49.5 Å². The van der Waals surface area contributed by atoms with Crippen LogP contribution in [0.3, 0.4) is 0 Å². The second-order valence-corrected chi connectivity index (χ2v) is 17.6. The Hall–Kier alpha value is -4.76. The molecule has 1 N–H and O–H groups in total. The van der Waals surface area contributed by atoms with E-state index in [4.69, 9.17) is 14.2 Å². The minimum atomic E-state index is -3.29. The van der Waals surface area contributed by atoms with Crippen molar-refractivity contribution in [3.8, 4) is 0 Å². The van der Waals surface area contributed by atoms with Crippen molar-refractivity contribution >= 4 is 35.4 Å². The highest BCUT2D eigenvalue weighted by Crippen LogP contribution is 2.43. The molecular formula is C41H43N3O5Si. The van der Waals surface area contributed by atoms with Crippen LogP contribution < -0.4 is 10.4 Å². The third-order valence-corrected chi connectivity index (χ3v) is 14.7. The number of rotatable bonds is 12. The number of carbonyl (C=O) groups excluding carboxylic acids is 1. The van der Waals surface area contributed by atoms with Gasteiger partial charge < -0.3 is 19.0 Å². The summed E-state index contributed by atoms with van der Waals surface area (Å²) in [6.45, 7) is 6.40. The first-order valence-electron chi connectivity index (χ1n) is 17.1. The fourth-order valence-electron chi connectivity index (χ4n) is 7.14. The number of benzene rings is 5. The van der Waals surface area contributed by atoms with Crippen molar-refractivity contribution in [2.45, 2.75) is 69.8 Å². The van der Waals surface area contributed by atoms with E-state index in [1.165, 1.54) is 0 Å². The first-order valence-corrected chi connectivity index (χ1v) is 19.0. The molecule has 5 aromatic carbocycles. The zero-order valence-electron chi connectivity index (χ0n) is 28.6. The summed E-state index contributed by atoms with van der Waals surface area (Å²) in [6, 6.07) is 41.9. The van der Waals surface area contributed by atoms with Crippen LogP contribution in [0, 0.1) is 5.92 Å². The van der Waals surface area contributed by atoms with Gasteiger partial charge in [0.25, 0.3) is 8.32 Å². The molecule has 0 spiro atoms. The summed E-state index contributed by atoms with van der Waals surface area (Å²) in [5.74, 6) is -0.859. The maximum atomic E-state index is 13.4. The molecule has 50 heavy (non-hydrogen) atoms. The zero-order valence-corrected chi connectivity index (χ0v) is 29.6. The third kappa shape index (κ3) is 7.38. The van der Waals surface area contributed by atoms with Gasteiger partial charge in [0, 0.05) is 10.8 Å². The third-order valence-electron chi connectivity index (χ3n) is 10.1. The van der Waals surface area contributed by atoms with Gasteiger partial charge in [0.15, 0.2) is 6.29 Å². The highest BCUT2D eigenvalue weighted by molar-refractivity contribution is 6.98. The fourth-order valence-corrected chi connectivity index (χ4v) is 10.9. The summed E-state index contributed by atoms with van der Waals surface area (Å²) in [6.07, 6.45) is -1.07. The van der Waals surface area contributed by atoms with Crippen LogP contribution in [0.4, 0.5) is 0 Å². The minimum Gasteiger partial charge on any atom is -0.458 e. The molecule has 1 aliphatic rings. The van der Waals surface area contributed by atoms with Gasteiger partial charge in [-0.1, -0.05) is 141 Å². The van der Waals surface area contributed by atoms with Gasteiger partial charge in [0.1, 0.15) is 12.1 Å². The largest absolute Gasteiger partial charge is 0.458 e. The summed E-state index contributed by atoms with van der Waals surface area (Å²) >= 11 is 0. The van der Waals surface area contributed by atoms with Crippen LogP contribution in [-0.4, -0.2) is 43.6 Å². The summed E-state index contributed by atoms with van der Waals surface area (Å²) in [7, 11) is -3.29. The van der Waals surface area contributed by atoms with Crippen LogP contribution in [0.25, 0.3) is 21.2 Å². The average Bonchev–Trinajstić information content (AvgIpc) is 3.16. The number of carbonyl (C=O) groups is 1. The minimum absolute atomic E-state index is 0.202. The molecule has 256 valence electrons. The molecule has 1 aliphatic heterocycles. The fraction of sp³-hybridized carbons (Fsp3) is 0.293. The van der Waals surface area contributed by atoms with E-state index in [1.807, 2.05) is 104 Å². The highest BCUT2D eigenvalue weighted by Gasteiger charge is 2.52. The van der Waals surface area contributed by atoms with E-state index in [1.54, 1.807) is 24.3 Å². The number of hydrogen-bond donors (Lipinski definition) is 1. The number of ether oxygens (including phenoxy) is 3. The molecule has 6 rings (SSSR count). The Morgan fingerprint density at radius 1 is 0.860 bits per heavy atom. The second-order valence-electron chi connectivity index (χ2n) is 13.7. The molecule has 1 saturated heterocycles. The van der Waals surface area contributed by atoms with Gasteiger partial charge in [-0.25, -0.2) is 4.79 Å². The Bertz CT molecular complexity index is 1900. The van der Waals surface area contributed by atoms with Crippen LogP contribution in [-0.2, 0) is 20.8 Å². The van der Waals surface area contributed by atoms with E-state index in [-0.39, 0.29) is 12.5 Å². The number of azide groups is 1. The predicted octanol–water partition coefficient (Wildman–Crippen LogP) is 7.93. The molecule has 9 heteroatoms. The number of fused-ring (bicyclic) bond motifs is 1. The quantitative estimate of drug-likeness (QED) is 0.0471. The standard InChI is InChI=1S/C41H43N3O5Si/c1-29-36(25-26-41(2,3)50(46,34-19-9-5-10-20-34)35-21-11-6-12-22-35)48-40(47-28-30-23-24-31-15-13-14-18-33(31)27-30)37(43-44-42)38(29)49-39(45)32-16-7-4-8-17-32/h4-24,27,29,36-38,40,46H,25-26,28H2,1-3H3/t29-,36?,37?,38+,40-/m1/s1. The van der Waals surface area contributed by atoms with E-state index >= 15 is 0 Å². The van der Waals surface area contributed by atoms with Gasteiger partial charge in [-0.15, -0.1) is 0 Å². The van der Waals surface area contributed by atoms with E-state index in [9.17, 15) is 15.1 Å². The van der Waals surface area contributed by atoms with Gasteiger partial charge in [0.2, 0.25) is 0 Å². The molecule has 0 bridgehead atoms. The lowest BCUT2D eigenvalue weighted by Gasteiger charge is -2.46. The summed E-state index contributed by atoms with van der Waals surface area (Å²) in [5, 5.41) is 7.63. The van der Waals surface area contributed by atoms with Gasteiger partial charge in [0.05, 0.1) is 18.3 Å². The molecule has 5 atom stereocenters. The van der Waals surface area contributed by atoms with Gasteiger partial charge in [-0.05, 0) is 68.3 Å². The Morgan fingerprint density at radius 2 is 1.44 bits per heavy atom. The molecule has 0 radical (unpaired) electrons. The maximum absolute atomic E-state index is 13.4. The molecule has 0 saturated carbocycles. The van der Waals surface area contributed by atoms with Gasteiger partial charge >= 0.3 is 5.97 Å². The van der Waals surface area contributed by atoms with Crippen LogP contribution in [0.5, 0.6) is 0 Å². The summed E-state index contributed by atoms with van der Waals surface area (Å²) in [5.41, 5.74) is 11.0. The van der Waals surface area contributed by atoms with Crippen molar-refractivity contribution in [3.63, 3.8) is 0 Å². The first-order chi connectivity index (χ1) is 24.2. The maximum Gasteiger partial charge on any atom is 0.338 e. The summed E-state index contributed by atoms with van der Waals surface area (Å²) < 4.78 is 19.2. The van der Waals surface area contributed by atoms with Crippen molar-refractivity contribution in [3.05, 3.63) is 155 Å². The Kier molecular flexibility index (Phi) is 10.8. The molecule has 1 heterocycles. The lowest BCUT2D eigenvalue weighted by atomic mass is 9.85. The van der Waals surface area contributed by atoms with E-state index in [0.717, 1.165) is 26.7 Å². The highest BCUT2D eigenvalue weighted by atomic mass is 28.4. The van der Waals surface area contributed by atoms with Gasteiger partial charge in [-0.2, -0.15) is 0 Å². The molecule has 0 amide bonds. The zero-order chi connectivity index (χ0) is 35.1. The lowest BCUT2D eigenvalue weighted by Crippen LogP contribution is -2.65. The Labute approximate surface area is 294 Å². The lowest BCUT2D eigenvalue weighted by molar-refractivity contribution is -0.248. The Balaban J connectivity index is 1.29. The molecule has 0 aliphatic carbocycles. The molecule has 5 aromatic rings. The van der Waals surface area contributed by atoms with E-state index in [0.29, 0.717) is 18.4 Å². The van der Waals surface area contributed by atoms with Crippen LogP contribution in [0.15, 0.2) is 139 Å². The van der Waals surface area contributed by atoms with Crippen molar-refractivity contribution in [2.24, 2.45) is 11.0 Å². The monoisotopic (exact) mass is 685 g/mol. The molecule has 2 unspecified atom stereocenters. The Morgan fingerprint density at radius 3 is 2.06 bits per heavy atom. The SMILES string of the molecule is C[C@@H]1C(CCC(C)(C)[Si](O)(c2ccccc2)c2ccccc2)O[C@@H](OCc2ccc3ccccc3c2)C(N=[N+]=[N-])[C@H]1OC(=O)c1ccccc1. The van der Waals surface area contributed by atoms with Crippen molar-refractivity contribution < 1.29 is 23.8 Å². The van der Waals surface area contributed by atoms with Crippen molar-refractivity contribution in [1.29, 1.82) is 0 Å². The molecular weight excluding hydrogens is 643 g/mol. The van der Waals surface area contributed by atoms with Crippen LogP contribution in [0.2, 0.25) is 5.04 Å². The smallest absolute Gasteiger partial charge is 0.338 e. The number of nitrogens with zero attached hydrogens (tertiary/aromatic N) is 3. The normalized spacial score (nSPS) is 20.9. The van der Waals surface area contributed by atoms with Crippen molar-refractivity contribution in [2.75, 3.05) is 0 Å². The van der Waals surface area contributed by atoms with Crippen molar-refractivity contribution in [1.82, 2.24) is 0 Å². The molecule has 1 fully saturated rings. The molecule has 0 aromatic heterocycles. The predicted molar refractivity (Wildman–Crippen MR) is 199 cm³/mol. The average molecular weight is 686 g/mol. The number of hydrogen-bond acceptors (Lipinski definition) is 6. The number of esters is 1. The summed E-state index contributed by atoms with van der Waals surface area (Å²) in [4.78, 5) is 29.3. The first kappa shape index (κ1) is 35.1. The second kappa shape index (κ2) is 15.4. The van der Waals surface area contributed by atoms with Crippen LogP contribution >= 0.6 is 0 Å². The van der Waals surface area contributed by atoms with Gasteiger partial charge in [-0.3, -0.25) is 0 Å². The molecule has 8 nitrogen and oxygen atoms in total. The van der Waals surface area contributed by atoms with E-state index in [2.05, 4.69) is 36.0 Å². The van der Waals surface area contributed by atoms with E-state index < -0.39 is 43.9 Å².